The Morgan fingerprint density at radius 3 is 1.68 bits per heavy atom. The standard InChI is InChI=1S/C23H15F2N7O2/c1-34-23(33)14-10-17(19-12-31(29-27-19)21-8-4-2-6-15(21)24)26-18(11-14)20-13-32(30-28-20)22-9-5-3-7-16(22)25/h2-13H,1H3. The summed E-state index contributed by atoms with van der Waals surface area (Å²) in [6, 6.07) is 15.2. The van der Waals surface area contributed by atoms with E-state index in [1.54, 1.807) is 36.4 Å². The van der Waals surface area contributed by atoms with Crippen LogP contribution in [0.2, 0.25) is 0 Å². The summed E-state index contributed by atoms with van der Waals surface area (Å²) in [6.45, 7) is 0. The molecule has 0 atom stereocenters. The second-order valence-corrected chi connectivity index (χ2v) is 7.12. The lowest BCUT2D eigenvalue weighted by molar-refractivity contribution is 0.0600. The molecule has 9 nitrogen and oxygen atoms in total. The van der Waals surface area contributed by atoms with Crippen molar-refractivity contribution in [2.24, 2.45) is 0 Å². The predicted molar refractivity (Wildman–Crippen MR) is 116 cm³/mol. The van der Waals surface area contributed by atoms with E-state index in [9.17, 15) is 13.6 Å². The van der Waals surface area contributed by atoms with E-state index in [0.717, 1.165) is 0 Å². The average molecular weight is 459 g/mol. The molecule has 3 heterocycles. The fourth-order valence-corrected chi connectivity index (χ4v) is 3.30. The predicted octanol–water partition coefficient (Wildman–Crippen LogP) is 3.64. The Morgan fingerprint density at radius 1 is 0.765 bits per heavy atom. The van der Waals surface area contributed by atoms with Crippen molar-refractivity contribution in [1.29, 1.82) is 0 Å². The van der Waals surface area contributed by atoms with Gasteiger partial charge in [-0.05, 0) is 36.4 Å². The monoisotopic (exact) mass is 459 g/mol. The first-order valence-corrected chi connectivity index (χ1v) is 9.99. The van der Waals surface area contributed by atoms with E-state index in [-0.39, 0.29) is 39.7 Å². The summed E-state index contributed by atoms with van der Waals surface area (Å²) < 4.78 is 35.7. The van der Waals surface area contributed by atoms with Crippen molar-refractivity contribution in [3.63, 3.8) is 0 Å². The SMILES string of the molecule is COC(=O)c1cc(-c2cn(-c3ccccc3F)nn2)nc(-c2cn(-c3ccccc3F)nn2)c1. The number of methoxy groups -OCH3 is 1. The molecule has 3 aromatic heterocycles. The number of nitrogens with zero attached hydrogens (tertiary/aromatic N) is 7. The Bertz CT molecular complexity index is 1410. The molecule has 168 valence electrons. The van der Waals surface area contributed by atoms with E-state index in [0.29, 0.717) is 0 Å². The highest BCUT2D eigenvalue weighted by molar-refractivity contribution is 5.91. The largest absolute Gasteiger partial charge is 0.465 e. The van der Waals surface area contributed by atoms with Crippen LogP contribution in [0.1, 0.15) is 10.4 Å². The second-order valence-electron chi connectivity index (χ2n) is 7.12. The lowest BCUT2D eigenvalue weighted by Crippen LogP contribution is -2.03. The quantitative estimate of drug-likeness (QED) is 0.370. The van der Waals surface area contributed by atoms with Crippen LogP contribution in [0.15, 0.2) is 73.1 Å². The molecule has 0 aliphatic rings. The van der Waals surface area contributed by atoms with Crippen molar-refractivity contribution in [2.75, 3.05) is 7.11 Å². The molecule has 34 heavy (non-hydrogen) atoms. The highest BCUT2D eigenvalue weighted by Gasteiger charge is 2.18. The van der Waals surface area contributed by atoms with Gasteiger partial charge in [0, 0.05) is 0 Å². The number of carbonyl (C=O) groups is 1. The van der Waals surface area contributed by atoms with Gasteiger partial charge in [-0.15, -0.1) is 10.2 Å². The lowest BCUT2D eigenvalue weighted by atomic mass is 10.1. The fourth-order valence-electron chi connectivity index (χ4n) is 3.30. The minimum Gasteiger partial charge on any atom is -0.465 e. The highest BCUT2D eigenvalue weighted by atomic mass is 19.1. The molecule has 5 aromatic rings. The van der Waals surface area contributed by atoms with E-state index in [1.807, 2.05) is 0 Å². The maximum absolute atomic E-state index is 14.1. The molecule has 0 N–H and O–H groups in total. The number of rotatable bonds is 5. The third-order valence-electron chi connectivity index (χ3n) is 4.96. The van der Waals surface area contributed by atoms with E-state index >= 15 is 0 Å². The molecular formula is C23H15F2N7O2. The zero-order valence-corrected chi connectivity index (χ0v) is 17.6. The number of benzene rings is 2. The van der Waals surface area contributed by atoms with Crippen LogP contribution in [0.25, 0.3) is 34.2 Å². The van der Waals surface area contributed by atoms with Crippen LogP contribution >= 0.6 is 0 Å². The Morgan fingerprint density at radius 2 is 1.24 bits per heavy atom. The topological polar surface area (TPSA) is 101 Å². The average Bonchev–Trinajstić information content (AvgIpc) is 3.54. The van der Waals surface area contributed by atoms with Gasteiger partial charge in [-0.1, -0.05) is 34.7 Å². The Hall–Kier alpha value is -4.80. The van der Waals surface area contributed by atoms with Gasteiger partial charge in [-0.2, -0.15) is 0 Å². The fraction of sp³-hybridized carbons (Fsp3) is 0.0435. The Kier molecular flexibility index (Phi) is 5.34. The van der Waals surface area contributed by atoms with Gasteiger partial charge in [0.25, 0.3) is 0 Å². The first-order chi connectivity index (χ1) is 16.5. The molecule has 11 heteroatoms. The molecule has 0 aliphatic carbocycles. The van der Waals surface area contributed by atoms with E-state index in [1.165, 1.54) is 53.1 Å². The zero-order chi connectivity index (χ0) is 23.7. The van der Waals surface area contributed by atoms with Crippen LogP contribution in [0.5, 0.6) is 0 Å². The molecule has 0 amide bonds. The van der Waals surface area contributed by atoms with Crippen molar-refractivity contribution in [1.82, 2.24) is 35.0 Å². The van der Waals surface area contributed by atoms with Crippen molar-refractivity contribution in [3.05, 3.63) is 90.3 Å². The second kappa shape index (κ2) is 8.62. The van der Waals surface area contributed by atoms with Crippen LogP contribution < -0.4 is 0 Å². The number of pyridine rings is 1. The summed E-state index contributed by atoms with van der Waals surface area (Å²) in [5.74, 6) is -1.55. The summed E-state index contributed by atoms with van der Waals surface area (Å²) >= 11 is 0. The molecular weight excluding hydrogens is 444 g/mol. The van der Waals surface area contributed by atoms with Crippen LogP contribution in [-0.2, 0) is 4.74 Å². The smallest absolute Gasteiger partial charge is 0.338 e. The van der Waals surface area contributed by atoms with Crippen molar-refractivity contribution in [2.45, 2.75) is 0 Å². The number of aromatic nitrogens is 7. The molecule has 0 spiro atoms. The molecule has 5 rings (SSSR count). The van der Waals surface area contributed by atoms with Crippen molar-refractivity contribution >= 4 is 5.97 Å². The number of halogens is 2. The number of esters is 1. The summed E-state index contributed by atoms with van der Waals surface area (Å²) in [6.07, 6.45) is 2.98. The molecule has 2 aromatic carbocycles. The minimum atomic E-state index is -0.604. The van der Waals surface area contributed by atoms with Gasteiger partial charge in [0.15, 0.2) is 0 Å². The van der Waals surface area contributed by atoms with Gasteiger partial charge in [-0.3, -0.25) is 0 Å². The van der Waals surface area contributed by atoms with E-state index in [2.05, 4.69) is 25.6 Å². The Labute approximate surface area is 191 Å². The summed E-state index contributed by atoms with van der Waals surface area (Å²) in [5.41, 5.74) is 1.73. The normalized spacial score (nSPS) is 10.9. The van der Waals surface area contributed by atoms with Crippen LogP contribution in [-0.4, -0.2) is 48.1 Å². The molecule has 0 fully saturated rings. The van der Waals surface area contributed by atoms with Crippen LogP contribution in [0, 0.1) is 11.6 Å². The molecule has 0 aliphatic heterocycles. The maximum Gasteiger partial charge on any atom is 0.338 e. The zero-order valence-electron chi connectivity index (χ0n) is 17.6. The van der Waals surface area contributed by atoms with Gasteiger partial charge < -0.3 is 4.74 Å². The van der Waals surface area contributed by atoms with Gasteiger partial charge in [0.1, 0.15) is 34.4 Å². The van der Waals surface area contributed by atoms with E-state index < -0.39 is 17.6 Å². The lowest BCUT2D eigenvalue weighted by Gasteiger charge is -2.05. The first kappa shape index (κ1) is 21.1. The van der Waals surface area contributed by atoms with E-state index in [4.69, 9.17) is 4.74 Å². The number of hydrogen-bond donors (Lipinski definition) is 0. The molecule has 0 radical (unpaired) electrons. The van der Waals surface area contributed by atoms with Gasteiger partial charge in [0.2, 0.25) is 0 Å². The molecule has 0 unspecified atom stereocenters. The first-order valence-electron chi connectivity index (χ1n) is 9.99. The maximum atomic E-state index is 14.1. The van der Waals surface area contributed by atoms with Gasteiger partial charge in [0.05, 0.1) is 36.5 Å². The summed E-state index contributed by atoms with van der Waals surface area (Å²) in [4.78, 5) is 16.8. The third-order valence-corrected chi connectivity index (χ3v) is 4.96. The summed E-state index contributed by atoms with van der Waals surface area (Å²) in [7, 11) is 1.25. The van der Waals surface area contributed by atoms with Crippen LogP contribution in [0.4, 0.5) is 8.78 Å². The number of carbonyl (C=O) groups excluding carboxylic acids is 1. The number of para-hydroxylation sites is 2. The molecule has 0 saturated carbocycles. The van der Waals surface area contributed by atoms with Crippen molar-refractivity contribution in [3.8, 4) is 34.2 Å². The number of ether oxygens (including phenoxy) is 1. The van der Waals surface area contributed by atoms with Gasteiger partial charge >= 0.3 is 5.97 Å². The summed E-state index contributed by atoms with van der Waals surface area (Å²) in [5, 5.41) is 16.1. The minimum absolute atomic E-state index is 0.184. The Balaban J connectivity index is 1.58. The molecule has 0 bridgehead atoms. The van der Waals surface area contributed by atoms with Crippen LogP contribution in [0.3, 0.4) is 0 Å². The molecule has 0 saturated heterocycles. The van der Waals surface area contributed by atoms with Gasteiger partial charge in [-0.25, -0.2) is 27.9 Å². The highest BCUT2D eigenvalue weighted by Crippen LogP contribution is 2.25. The number of hydrogen-bond acceptors (Lipinski definition) is 7. The van der Waals surface area contributed by atoms with Crippen molar-refractivity contribution < 1.29 is 18.3 Å². The third kappa shape index (κ3) is 3.90.